The molecule has 0 unspecified atom stereocenters. The van der Waals surface area contributed by atoms with Gasteiger partial charge in [-0.3, -0.25) is 14.9 Å². The normalized spacial score (nSPS) is 14.5. The fourth-order valence-electron chi connectivity index (χ4n) is 2.90. The second kappa shape index (κ2) is 10.0. The van der Waals surface area contributed by atoms with E-state index in [0.29, 0.717) is 13.2 Å². The third-order valence-corrected chi connectivity index (χ3v) is 6.57. The molecule has 1 amide bonds. The van der Waals surface area contributed by atoms with Crippen LogP contribution in [0.4, 0.5) is 11.4 Å². The van der Waals surface area contributed by atoms with Crippen LogP contribution in [0.1, 0.15) is 10.4 Å². The van der Waals surface area contributed by atoms with Crippen LogP contribution in [0.3, 0.4) is 0 Å². The number of esters is 1. The number of anilines is 1. The van der Waals surface area contributed by atoms with Gasteiger partial charge in [0.25, 0.3) is 11.6 Å². The Kier molecular flexibility index (Phi) is 7.40. The highest BCUT2D eigenvalue weighted by Crippen LogP contribution is 2.24. The van der Waals surface area contributed by atoms with Crippen molar-refractivity contribution in [3.63, 3.8) is 0 Å². The van der Waals surface area contributed by atoms with Gasteiger partial charge in [0.1, 0.15) is 5.56 Å². The van der Waals surface area contributed by atoms with Crippen molar-refractivity contribution in [2.45, 2.75) is 4.90 Å². The second-order valence-corrected chi connectivity index (χ2v) is 8.96. The van der Waals surface area contributed by atoms with E-state index in [9.17, 15) is 28.1 Å². The summed E-state index contributed by atoms with van der Waals surface area (Å²) in [4.78, 5) is 34.6. The quantitative estimate of drug-likeness (QED) is 0.358. The fourth-order valence-corrected chi connectivity index (χ4v) is 4.53. The lowest BCUT2D eigenvalue weighted by Crippen LogP contribution is -2.40. The fraction of sp³-hybridized carbons (Fsp3) is 0.263. The number of halogens is 1. The molecular weight excluding hydrogens is 466 g/mol. The number of rotatable bonds is 7. The molecule has 1 aliphatic rings. The van der Waals surface area contributed by atoms with Crippen molar-refractivity contribution in [3.8, 4) is 0 Å². The number of ether oxygens (including phenoxy) is 2. The lowest BCUT2D eigenvalue weighted by atomic mass is 10.2. The molecule has 32 heavy (non-hydrogen) atoms. The molecule has 1 aliphatic heterocycles. The maximum Gasteiger partial charge on any atom is 0.345 e. The van der Waals surface area contributed by atoms with Gasteiger partial charge >= 0.3 is 5.97 Å². The lowest BCUT2D eigenvalue weighted by Gasteiger charge is -2.26. The number of nitrogens with one attached hydrogen (secondary N) is 1. The summed E-state index contributed by atoms with van der Waals surface area (Å²) < 4.78 is 36.8. The minimum absolute atomic E-state index is 0.00835. The average molecular weight is 484 g/mol. The van der Waals surface area contributed by atoms with E-state index >= 15 is 0 Å². The number of nitro groups is 1. The van der Waals surface area contributed by atoms with Crippen LogP contribution in [-0.4, -0.2) is 62.4 Å². The average Bonchev–Trinajstić information content (AvgIpc) is 2.78. The minimum atomic E-state index is -3.76. The summed E-state index contributed by atoms with van der Waals surface area (Å²) in [6.07, 6.45) is 0. The highest BCUT2D eigenvalue weighted by molar-refractivity contribution is 7.89. The topological polar surface area (TPSA) is 145 Å². The summed E-state index contributed by atoms with van der Waals surface area (Å²) in [5, 5.41) is 13.6. The Hall–Kier alpha value is -3.06. The van der Waals surface area contributed by atoms with Gasteiger partial charge < -0.3 is 14.8 Å². The number of hydrogen-bond donors (Lipinski definition) is 1. The lowest BCUT2D eigenvalue weighted by molar-refractivity contribution is -0.385. The zero-order valence-corrected chi connectivity index (χ0v) is 18.1. The number of morpholine rings is 1. The number of benzene rings is 2. The van der Waals surface area contributed by atoms with Gasteiger partial charge in [0, 0.05) is 29.9 Å². The van der Waals surface area contributed by atoms with Gasteiger partial charge in [-0.25, -0.2) is 13.2 Å². The van der Waals surface area contributed by atoms with E-state index < -0.39 is 39.1 Å². The highest BCUT2D eigenvalue weighted by Gasteiger charge is 2.27. The molecule has 0 bridgehead atoms. The van der Waals surface area contributed by atoms with E-state index in [4.69, 9.17) is 21.1 Å². The number of nitrogens with zero attached hydrogens (tertiary/aromatic N) is 2. The monoisotopic (exact) mass is 483 g/mol. The summed E-state index contributed by atoms with van der Waals surface area (Å²) in [5.41, 5.74) is -0.729. The third kappa shape index (κ3) is 5.59. The van der Waals surface area contributed by atoms with Crippen molar-refractivity contribution >= 4 is 44.9 Å². The van der Waals surface area contributed by atoms with Crippen molar-refractivity contribution in [3.05, 3.63) is 63.2 Å². The SMILES string of the molecule is O=C(COC(=O)c1ccc(Cl)cc1[N+](=O)[O-])Nc1cccc(S(=O)(=O)N2CCOCC2)c1. The largest absolute Gasteiger partial charge is 0.452 e. The Labute approximate surface area is 188 Å². The van der Waals surface area contributed by atoms with Gasteiger partial charge in [0.2, 0.25) is 10.0 Å². The standard InChI is InChI=1S/C19H18ClN3O8S/c20-13-4-5-16(17(10-13)23(26)27)19(25)31-12-18(24)21-14-2-1-3-15(11-14)32(28,29)22-6-8-30-9-7-22/h1-5,10-11H,6-9,12H2,(H,21,24). The zero-order valence-electron chi connectivity index (χ0n) is 16.5. The summed E-state index contributed by atoms with van der Waals surface area (Å²) in [7, 11) is -3.76. The van der Waals surface area contributed by atoms with Gasteiger partial charge in [-0.15, -0.1) is 0 Å². The van der Waals surface area contributed by atoms with E-state index in [-0.39, 0.29) is 34.3 Å². The molecule has 1 N–H and O–H groups in total. The van der Waals surface area contributed by atoms with E-state index in [2.05, 4.69) is 5.32 Å². The number of sulfonamides is 1. The predicted octanol–water partition coefficient (Wildman–Crippen LogP) is 2.06. The van der Waals surface area contributed by atoms with Gasteiger partial charge in [0.05, 0.1) is 23.0 Å². The van der Waals surface area contributed by atoms with Gasteiger partial charge in [-0.05, 0) is 30.3 Å². The van der Waals surface area contributed by atoms with Gasteiger partial charge in [-0.1, -0.05) is 17.7 Å². The molecule has 1 fully saturated rings. The van der Waals surface area contributed by atoms with E-state index in [0.717, 1.165) is 12.1 Å². The van der Waals surface area contributed by atoms with E-state index in [1.54, 1.807) is 0 Å². The molecule has 0 radical (unpaired) electrons. The smallest absolute Gasteiger partial charge is 0.345 e. The van der Waals surface area contributed by atoms with Gasteiger partial charge in [-0.2, -0.15) is 4.31 Å². The third-order valence-electron chi connectivity index (χ3n) is 4.44. The van der Waals surface area contributed by atoms with Crippen molar-refractivity contribution in [2.75, 3.05) is 38.2 Å². The number of carbonyl (C=O) groups excluding carboxylic acids is 2. The Morgan fingerprint density at radius 2 is 1.91 bits per heavy atom. The second-order valence-electron chi connectivity index (χ2n) is 6.59. The Morgan fingerprint density at radius 1 is 1.19 bits per heavy atom. The molecule has 3 rings (SSSR count). The van der Waals surface area contributed by atoms with Crippen molar-refractivity contribution < 1.29 is 32.4 Å². The maximum absolute atomic E-state index is 12.7. The molecule has 0 saturated carbocycles. The zero-order chi connectivity index (χ0) is 23.3. The first-order chi connectivity index (χ1) is 15.2. The van der Waals surface area contributed by atoms with Crippen molar-refractivity contribution in [1.82, 2.24) is 4.31 Å². The Morgan fingerprint density at radius 3 is 2.59 bits per heavy atom. The number of amides is 1. The van der Waals surface area contributed by atoms with Gasteiger partial charge in [0.15, 0.2) is 6.61 Å². The number of hydrogen-bond acceptors (Lipinski definition) is 8. The van der Waals surface area contributed by atoms with Crippen molar-refractivity contribution in [2.24, 2.45) is 0 Å². The van der Waals surface area contributed by atoms with E-state index in [1.807, 2.05) is 0 Å². The van der Waals surface area contributed by atoms with Crippen LogP contribution in [0.5, 0.6) is 0 Å². The molecule has 2 aromatic rings. The molecule has 13 heteroatoms. The van der Waals surface area contributed by atoms with Crippen LogP contribution in [-0.2, 0) is 24.3 Å². The minimum Gasteiger partial charge on any atom is -0.452 e. The van der Waals surface area contributed by atoms with Crippen LogP contribution in [0.2, 0.25) is 5.02 Å². The molecule has 0 spiro atoms. The Balaban J connectivity index is 1.64. The molecule has 11 nitrogen and oxygen atoms in total. The molecule has 0 aromatic heterocycles. The first kappa shape index (κ1) is 23.6. The summed E-state index contributed by atoms with van der Waals surface area (Å²) >= 11 is 5.71. The van der Waals surface area contributed by atoms with Crippen molar-refractivity contribution in [1.29, 1.82) is 0 Å². The molecule has 2 aromatic carbocycles. The first-order valence-corrected chi connectivity index (χ1v) is 11.1. The molecule has 0 atom stereocenters. The van der Waals surface area contributed by atoms with Crippen LogP contribution >= 0.6 is 11.6 Å². The Bertz CT molecular complexity index is 1150. The van der Waals surface area contributed by atoms with Crippen LogP contribution in [0, 0.1) is 10.1 Å². The molecule has 0 aliphatic carbocycles. The molecule has 170 valence electrons. The number of carbonyl (C=O) groups is 2. The summed E-state index contributed by atoms with van der Waals surface area (Å²) in [6.45, 7) is 0.316. The summed E-state index contributed by atoms with van der Waals surface area (Å²) in [6, 6.07) is 9.04. The maximum atomic E-state index is 12.7. The molecular formula is C19H18ClN3O8S. The molecule has 1 heterocycles. The highest BCUT2D eigenvalue weighted by atomic mass is 35.5. The molecule has 1 saturated heterocycles. The predicted molar refractivity (Wildman–Crippen MR) is 113 cm³/mol. The van der Waals surface area contributed by atoms with Crippen LogP contribution in [0.25, 0.3) is 0 Å². The van der Waals surface area contributed by atoms with E-state index in [1.165, 1.54) is 34.6 Å². The van der Waals surface area contributed by atoms with Crippen LogP contribution < -0.4 is 5.32 Å². The first-order valence-electron chi connectivity index (χ1n) is 9.27. The van der Waals surface area contributed by atoms with Crippen LogP contribution in [0.15, 0.2) is 47.4 Å². The summed E-state index contributed by atoms with van der Waals surface area (Å²) in [5.74, 6) is -1.83. The number of nitro benzene ring substituents is 1.